The number of ether oxygens (including phenoxy) is 1. The van der Waals surface area contributed by atoms with Crippen LogP contribution in [0.3, 0.4) is 0 Å². The molecule has 7 nitrogen and oxygen atoms in total. The fraction of sp³-hybridized carbons (Fsp3) is 0.467. The largest absolute Gasteiger partial charge is 0.377 e. The molecule has 0 bridgehead atoms. The molecular weight excluding hydrogens is 282 g/mol. The quantitative estimate of drug-likeness (QED) is 0.874. The maximum Gasteiger partial charge on any atom is 0.230 e. The molecule has 2 heterocycles. The van der Waals surface area contributed by atoms with E-state index in [1.165, 1.54) is 0 Å². The van der Waals surface area contributed by atoms with E-state index < -0.39 is 0 Å². The number of aromatic nitrogens is 4. The number of para-hydroxylation sites is 1. The molecule has 2 N–H and O–H groups in total. The van der Waals surface area contributed by atoms with Crippen molar-refractivity contribution in [1.29, 1.82) is 0 Å². The van der Waals surface area contributed by atoms with Crippen LogP contribution < -0.4 is 5.32 Å². The number of nitrogens with one attached hydrogen (secondary N) is 2. The molecule has 0 saturated carbocycles. The third-order valence-electron chi connectivity index (χ3n) is 3.96. The van der Waals surface area contributed by atoms with Crippen LogP contribution >= 0.6 is 0 Å². The number of H-pyrrole nitrogens is 1. The number of hydrogen-bond acceptors (Lipinski definition) is 5. The molecule has 0 aliphatic carbocycles. The smallest absolute Gasteiger partial charge is 0.230 e. The van der Waals surface area contributed by atoms with Gasteiger partial charge in [-0.1, -0.05) is 30.3 Å². The maximum atomic E-state index is 12.5. The van der Waals surface area contributed by atoms with Crippen molar-refractivity contribution in [3.8, 4) is 0 Å². The van der Waals surface area contributed by atoms with Crippen molar-refractivity contribution in [2.45, 2.75) is 32.3 Å². The third-order valence-corrected chi connectivity index (χ3v) is 3.96. The lowest BCUT2D eigenvalue weighted by Gasteiger charge is -2.17. The number of amides is 1. The molecule has 1 aromatic heterocycles. The van der Waals surface area contributed by atoms with Gasteiger partial charge in [0.05, 0.1) is 12.0 Å². The maximum absolute atomic E-state index is 12.5. The van der Waals surface area contributed by atoms with E-state index in [4.69, 9.17) is 4.74 Å². The number of aromatic amines is 1. The summed E-state index contributed by atoms with van der Waals surface area (Å²) in [5.74, 6) is 0.533. The first-order chi connectivity index (χ1) is 10.8. The second-order valence-electron chi connectivity index (χ2n) is 5.36. The summed E-state index contributed by atoms with van der Waals surface area (Å²) in [4.78, 5) is 12.5. The van der Waals surface area contributed by atoms with Gasteiger partial charge in [0.15, 0.2) is 5.82 Å². The summed E-state index contributed by atoms with van der Waals surface area (Å²) >= 11 is 0. The van der Waals surface area contributed by atoms with Crippen molar-refractivity contribution in [1.82, 2.24) is 20.6 Å². The third kappa shape index (κ3) is 3.14. The van der Waals surface area contributed by atoms with Crippen LogP contribution in [0.2, 0.25) is 0 Å². The van der Waals surface area contributed by atoms with Crippen molar-refractivity contribution >= 4 is 11.6 Å². The first-order valence-electron chi connectivity index (χ1n) is 7.50. The highest BCUT2D eigenvalue weighted by molar-refractivity contribution is 5.93. The lowest BCUT2D eigenvalue weighted by molar-refractivity contribution is -0.121. The molecule has 1 aromatic carbocycles. The molecule has 7 heteroatoms. The summed E-state index contributed by atoms with van der Waals surface area (Å²) in [6.45, 7) is 2.70. The number of carbonyl (C=O) groups excluding carboxylic acids is 1. The minimum atomic E-state index is -0.0803. The predicted octanol–water partition coefficient (Wildman–Crippen LogP) is 1.54. The summed E-state index contributed by atoms with van der Waals surface area (Å²) in [5, 5.41) is 16.9. The van der Waals surface area contributed by atoms with Crippen molar-refractivity contribution in [2.75, 3.05) is 11.9 Å². The Morgan fingerprint density at radius 2 is 2.32 bits per heavy atom. The summed E-state index contributed by atoms with van der Waals surface area (Å²) in [7, 11) is 0. The number of nitrogens with zero attached hydrogens (tertiary/aromatic N) is 3. The summed E-state index contributed by atoms with van der Waals surface area (Å²) in [6.07, 6.45) is 2.16. The van der Waals surface area contributed by atoms with Crippen LogP contribution in [0, 0.1) is 5.92 Å². The lowest BCUT2D eigenvalue weighted by Crippen LogP contribution is -2.29. The number of tetrazole rings is 1. The summed E-state index contributed by atoms with van der Waals surface area (Å²) < 4.78 is 5.60. The molecular formula is C15H19N5O2. The lowest BCUT2D eigenvalue weighted by atomic mass is 9.98. The van der Waals surface area contributed by atoms with Gasteiger partial charge in [0, 0.05) is 18.7 Å². The molecule has 1 amide bonds. The van der Waals surface area contributed by atoms with Crippen molar-refractivity contribution < 1.29 is 9.53 Å². The fourth-order valence-electron chi connectivity index (χ4n) is 2.80. The minimum Gasteiger partial charge on any atom is -0.377 e. The number of rotatable bonds is 5. The van der Waals surface area contributed by atoms with Gasteiger partial charge >= 0.3 is 0 Å². The van der Waals surface area contributed by atoms with Gasteiger partial charge in [-0.05, 0) is 24.5 Å². The van der Waals surface area contributed by atoms with Gasteiger partial charge in [0.2, 0.25) is 5.91 Å². The Hall–Kier alpha value is -2.28. The Bertz CT molecular complexity index is 629. The van der Waals surface area contributed by atoms with E-state index in [0.29, 0.717) is 18.9 Å². The van der Waals surface area contributed by atoms with Crippen molar-refractivity contribution in [3.63, 3.8) is 0 Å². The average Bonchev–Trinajstić information content (AvgIpc) is 3.20. The standard InChI is InChI=1S/C15H19N5O2/c1-2-13-11(7-8-22-13)15(21)16-12-6-4-3-5-10(12)9-14-17-19-20-18-14/h3-6,11,13H,2,7-9H2,1H3,(H,16,21)(H,17,18,19,20)/t11-,13+/m1/s1. The summed E-state index contributed by atoms with van der Waals surface area (Å²) in [5.41, 5.74) is 1.75. The van der Waals surface area contributed by atoms with Crippen LogP contribution in [0.5, 0.6) is 0 Å². The molecule has 0 radical (unpaired) electrons. The monoisotopic (exact) mass is 301 g/mol. The van der Waals surface area contributed by atoms with E-state index in [-0.39, 0.29) is 17.9 Å². The van der Waals surface area contributed by atoms with Gasteiger partial charge in [-0.25, -0.2) is 0 Å². The topological polar surface area (TPSA) is 92.8 Å². The number of carbonyl (C=O) groups is 1. The van der Waals surface area contributed by atoms with E-state index >= 15 is 0 Å². The number of benzene rings is 1. The van der Waals surface area contributed by atoms with E-state index in [2.05, 4.69) is 25.9 Å². The molecule has 0 spiro atoms. The Morgan fingerprint density at radius 1 is 1.45 bits per heavy atom. The van der Waals surface area contributed by atoms with Gasteiger partial charge in [-0.2, -0.15) is 5.21 Å². The van der Waals surface area contributed by atoms with Crippen LogP contribution in [-0.2, 0) is 16.0 Å². The molecule has 0 unspecified atom stereocenters. The predicted molar refractivity (Wildman–Crippen MR) is 80.2 cm³/mol. The Morgan fingerprint density at radius 3 is 3.09 bits per heavy atom. The van der Waals surface area contributed by atoms with Gasteiger partial charge in [-0.3, -0.25) is 4.79 Å². The first kappa shape index (κ1) is 14.6. The van der Waals surface area contributed by atoms with Gasteiger partial charge in [-0.15, -0.1) is 10.2 Å². The molecule has 1 saturated heterocycles. The Kier molecular flexibility index (Phi) is 4.43. The number of anilines is 1. The first-order valence-corrected chi connectivity index (χ1v) is 7.50. The molecule has 3 rings (SSSR count). The van der Waals surface area contributed by atoms with E-state index in [0.717, 1.165) is 24.1 Å². The van der Waals surface area contributed by atoms with E-state index in [1.54, 1.807) is 0 Å². The SMILES string of the molecule is CC[C@@H]1OCC[C@H]1C(=O)Nc1ccccc1Cc1nn[nH]n1. The van der Waals surface area contributed by atoms with Gasteiger partial charge in [0.25, 0.3) is 0 Å². The zero-order valence-electron chi connectivity index (χ0n) is 12.5. The molecule has 2 atom stereocenters. The molecule has 1 fully saturated rings. The highest BCUT2D eigenvalue weighted by atomic mass is 16.5. The Labute approximate surface area is 128 Å². The summed E-state index contributed by atoms with van der Waals surface area (Å²) in [6, 6.07) is 7.68. The molecule has 2 aromatic rings. The van der Waals surface area contributed by atoms with Gasteiger partial charge in [0.1, 0.15) is 0 Å². The molecule has 1 aliphatic rings. The van der Waals surface area contributed by atoms with E-state index in [1.807, 2.05) is 31.2 Å². The zero-order chi connectivity index (χ0) is 15.4. The van der Waals surface area contributed by atoms with Crippen LogP contribution in [0.15, 0.2) is 24.3 Å². The highest BCUT2D eigenvalue weighted by Gasteiger charge is 2.32. The second-order valence-corrected chi connectivity index (χ2v) is 5.36. The van der Waals surface area contributed by atoms with Crippen LogP contribution in [-0.4, -0.2) is 39.2 Å². The normalized spacial score (nSPS) is 21.0. The molecule has 116 valence electrons. The minimum absolute atomic E-state index is 0.0179. The van der Waals surface area contributed by atoms with Crippen LogP contribution in [0.25, 0.3) is 0 Å². The van der Waals surface area contributed by atoms with Crippen molar-refractivity contribution in [2.24, 2.45) is 5.92 Å². The van der Waals surface area contributed by atoms with Crippen molar-refractivity contribution in [3.05, 3.63) is 35.7 Å². The highest BCUT2D eigenvalue weighted by Crippen LogP contribution is 2.26. The Balaban J connectivity index is 1.73. The molecule has 22 heavy (non-hydrogen) atoms. The fourth-order valence-corrected chi connectivity index (χ4v) is 2.80. The van der Waals surface area contributed by atoms with Crippen LogP contribution in [0.4, 0.5) is 5.69 Å². The average molecular weight is 301 g/mol. The van der Waals surface area contributed by atoms with Crippen LogP contribution in [0.1, 0.15) is 31.2 Å². The second kappa shape index (κ2) is 6.65. The zero-order valence-corrected chi connectivity index (χ0v) is 12.5. The molecule has 1 aliphatic heterocycles. The van der Waals surface area contributed by atoms with E-state index in [9.17, 15) is 4.79 Å². The number of hydrogen-bond donors (Lipinski definition) is 2. The van der Waals surface area contributed by atoms with Gasteiger partial charge < -0.3 is 10.1 Å².